The Morgan fingerprint density at radius 1 is 1.45 bits per heavy atom. The van der Waals surface area contributed by atoms with Gasteiger partial charge >= 0.3 is 0 Å². The molecular formula is C15H18N4O2S. The smallest absolute Gasteiger partial charge is 0.241 e. The fourth-order valence-corrected chi connectivity index (χ4v) is 3.48. The number of hydrogen-bond acceptors (Lipinski definition) is 4. The van der Waals surface area contributed by atoms with Gasteiger partial charge in [0.25, 0.3) is 0 Å². The van der Waals surface area contributed by atoms with E-state index in [0.29, 0.717) is 11.6 Å². The summed E-state index contributed by atoms with van der Waals surface area (Å²) in [4.78, 5) is 26.1. The first-order valence-corrected chi connectivity index (χ1v) is 7.98. The summed E-state index contributed by atoms with van der Waals surface area (Å²) in [5, 5.41) is 9.47. The molecule has 22 heavy (non-hydrogen) atoms. The second kappa shape index (κ2) is 5.92. The number of carbonyl (C=O) groups is 2. The Labute approximate surface area is 132 Å². The van der Waals surface area contributed by atoms with E-state index in [1.54, 1.807) is 30.8 Å². The molecule has 1 aliphatic carbocycles. The quantitative estimate of drug-likeness (QED) is 0.881. The molecule has 2 N–H and O–H groups in total. The van der Waals surface area contributed by atoms with E-state index in [9.17, 15) is 9.59 Å². The van der Waals surface area contributed by atoms with Crippen LogP contribution in [0.3, 0.4) is 0 Å². The van der Waals surface area contributed by atoms with Gasteiger partial charge in [0.1, 0.15) is 6.54 Å². The molecule has 0 aliphatic heterocycles. The van der Waals surface area contributed by atoms with E-state index >= 15 is 0 Å². The van der Waals surface area contributed by atoms with Crippen LogP contribution in [0.1, 0.15) is 22.1 Å². The second-order valence-electron chi connectivity index (χ2n) is 5.49. The molecule has 2 aromatic rings. The summed E-state index contributed by atoms with van der Waals surface area (Å²) < 4.78 is 1.50. The number of thiophene rings is 1. The number of aromatic nitrogens is 2. The normalized spacial score (nSPS) is 19.7. The molecule has 3 rings (SSSR count). The fraction of sp³-hybridized carbons (Fsp3) is 0.400. The predicted molar refractivity (Wildman–Crippen MR) is 84.8 cm³/mol. The van der Waals surface area contributed by atoms with Crippen LogP contribution in [0.2, 0.25) is 0 Å². The van der Waals surface area contributed by atoms with Crippen LogP contribution in [-0.2, 0) is 16.1 Å². The lowest BCUT2D eigenvalue weighted by molar-refractivity contribution is -0.121. The van der Waals surface area contributed by atoms with E-state index in [1.165, 1.54) is 14.4 Å². The molecule has 2 heterocycles. The zero-order chi connectivity index (χ0) is 15.7. The molecule has 0 bridgehead atoms. The zero-order valence-electron chi connectivity index (χ0n) is 12.5. The average molecular weight is 318 g/mol. The molecule has 2 atom stereocenters. The van der Waals surface area contributed by atoms with E-state index in [2.05, 4.69) is 34.8 Å². The Hall–Kier alpha value is -2.15. The molecular weight excluding hydrogens is 300 g/mol. The van der Waals surface area contributed by atoms with Gasteiger partial charge in [-0.3, -0.25) is 14.3 Å². The summed E-state index contributed by atoms with van der Waals surface area (Å²) in [6.07, 6.45) is 4.13. The summed E-state index contributed by atoms with van der Waals surface area (Å²) >= 11 is 1.76. The Morgan fingerprint density at radius 2 is 2.27 bits per heavy atom. The predicted octanol–water partition coefficient (Wildman–Crippen LogP) is 1.74. The summed E-state index contributed by atoms with van der Waals surface area (Å²) in [7, 11) is 1.58. The number of carbonyl (C=O) groups excluding carboxylic acids is 2. The molecule has 1 aliphatic rings. The Balaban J connectivity index is 1.56. The van der Waals surface area contributed by atoms with Crippen LogP contribution in [0.5, 0.6) is 0 Å². The monoisotopic (exact) mass is 318 g/mol. The summed E-state index contributed by atoms with van der Waals surface area (Å²) in [6, 6.07) is 4.20. The number of likely N-dealkylation sites (N-methyl/N-ethyl adjacent to an activating group) is 1. The van der Waals surface area contributed by atoms with Crippen molar-refractivity contribution >= 4 is 28.8 Å². The minimum Gasteiger partial charge on any atom is -0.358 e. The number of hydrogen-bond donors (Lipinski definition) is 2. The Bertz CT molecular complexity index is 706. The van der Waals surface area contributed by atoms with Gasteiger partial charge in [-0.1, -0.05) is 0 Å². The molecule has 2 amide bonds. The molecule has 0 aromatic carbocycles. The van der Waals surface area contributed by atoms with Crippen LogP contribution in [-0.4, -0.2) is 28.6 Å². The third-order valence-electron chi connectivity index (χ3n) is 3.74. The van der Waals surface area contributed by atoms with Crippen molar-refractivity contribution < 1.29 is 9.59 Å². The third-order valence-corrected chi connectivity index (χ3v) is 4.87. The highest BCUT2D eigenvalue weighted by Gasteiger charge is 2.44. The number of amides is 2. The molecule has 1 fully saturated rings. The minimum absolute atomic E-state index is 0.0237. The first-order chi connectivity index (χ1) is 10.6. The zero-order valence-corrected chi connectivity index (χ0v) is 13.3. The molecule has 0 spiro atoms. The van der Waals surface area contributed by atoms with Gasteiger partial charge in [0.15, 0.2) is 0 Å². The van der Waals surface area contributed by atoms with Crippen molar-refractivity contribution in [2.75, 3.05) is 12.4 Å². The molecule has 2 aromatic heterocycles. The van der Waals surface area contributed by atoms with E-state index in [-0.39, 0.29) is 24.3 Å². The van der Waals surface area contributed by atoms with E-state index in [4.69, 9.17) is 0 Å². The van der Waals surface area contributed by atoms with Crippen molar-refractivity contribution in [1.82, 2.24) is 15.1 Å². The summed E-state index contributed by atoms with van der Waals surface area (Å²) in [5.74, 6) is 0.284. The highest BCUT2D eigenvalue weighted by molar-refractivity contribution is 7.12. The van der Waals surface area contributed by atoms with Crippen molar-refractivity contribution in [3.8, 4) is 0 Å². The van der Waals surface area contributed by atoms with E-state index in [1.807, 2.05) is 0 Å². The van der Waals surface area contributed by atoms with E-state index in [0.717, 1.165) is 6.42 Å². The minimum atomic E-state index is -0.128. The van der Waals surface area contributed by atoms with Crippen molar-refractivity contribution in [3.05, 3.63) is 34.3 Å². The van der Waals surface area contributed by atoms with Gasteiger partial charge < -0.3 is 10.6 Å². The number of nitrogens with zero attached hydrogens (tertiary/aromatic N) is 2. The fourth-order valence-electron chi connectivity index (χ4n) is 2.43. The first-order valence-electron chi connectivity index (χ1n) is 7.17. The van der Waals surface area contributed by atoms with Gasteiger partial charge in [-0.2, -0.15) is 5.10 Å². The van der Waals surface area contributed by atoms with Crippen molar-refractivity contribution in [3.63, 3.8) is 0 Å². The molecule has 6 nitrogen and oxygen atoms in total. The number of rotatable bonds is 5. The molecule has 0 saturated heterocycles. The van der Waals surface area contributed by atoms with Crippen LogP contribution in [0.15, 0.2) is 24.5 Å². The molecule has 116 valence electrons. The topological polar surface area (TPSA) is 76.0 Å². The first kappa shape index (κ1) is 14.8. The Morgan fingerprint density at radius 3 is 2.95 bits per heavy atom. The van der Waals surface area contributed by atoms with Gasteiger partial charge in [-0.05, 0) is 25.5 Å². The highest BCUT2D eigenvalue weighted by Crippen LogP contribution is 2.50. The van der Waals surface area contributed by atoms with Crippen molar-refractivity contribution in [2.45, 2.75) is 25.8 Å². The van der Waals surface area contributed by atoms with Crippen LogP contribution >= 0.6 is 11.3 Å². The largest absolute Gasteiger partial charge is 0.358 e. The lowest BCUT2D eigenvalue weighted by Crippen LogP contribution is -2.23. The highest BCUT2D eigenvalue weighted by atomic mass is 32.1. The van der Waals surface area contributed by atoms with Gasteiger partial charge in [0.2, 0.25) is 11.8 Å². The lowest BCUT2D eigenvalue weighted by atomic mass is 10.2. The van der Waals surface area contributed by atoms with Crippen LogP contribution < -0.4 is 10.6 Å². The summed E-state index contributed by atoms with van der Waals surface area (Å²) in [6.45, 7) is 2.22. The van der Waals surface area contributed by atoms with Crippen LogP contribution in [0.25, 0.3) is 0 Å². The maximum atomic E-state index is 12.2. The maximum absolute atomic E-state index is 12.2. The molecule has 1 saturated carbocycles. The number of nitrogens with one attached hydrogen (secondary N) is 2. The van der Waals surface area contributed by atoms with Crippen LogP contribution in [0.4, 0.5) is 5.69 Å². The standard InChI is InChI=1S/C15H18N4O2S/c1-9-3-4-13(22-9)11-5-12(11)15(21)18-10-6-17-19(7-10)8-14(20)16-2/h3-4,6-7,11-12H,5,8H2,1-2H3,(H,16,20)(H,18,21)/t11-,12-/m1/s1. The van der Waals surface area contributed by atoms with E-state index < -0.39 is 0 Å². The molecule has 0 unspecified atom stereocenters. The lowest BCUT2D eigenvalue weighted by Gasteiger charge is -2.01. The SMILES string of the molecule is CNC(=O)Cn1cc(NC(=O)[C@@H]2C[C@H]2c2ccc(C)s2)cn1. The molecule has 0 radical (unpaired) electrons. The number of aryl methyl sites for hydroxylation is 1. The average Bonchev–Trinajstić information content (AvgIpc) is 3.00. The van der Waals surface area contributed by atoms with Gasteiger partial charge in [-0.15, -0.1) is 11.3 Å². The second-order valence-corrected chi connectivity index (χ2v) is 6.81. The van der Waals surface area contributed by atoms with Crippen molar-refractivity contribution in [2.24, 2.45) is 5.92 Å². The molecule has 7 heteroatoms. The number of anilines is 1. The third kappa shape index (κ3) is 3.19. The van der Waals surface area contributed by atoms with Gasteiger partial charge in [-0.25, -0.2) is 0 Å². The van der Waals surface area contributed by atoms with Crippen molar-refractivity contribution in [1.29, 1.82) is 0 Å². The van der Waals surface area contributed by atoms with Gasteiger partial charge in [0.05, 0.1) is 11.9 Å². The van der Waals surface area contributed by atoms with Gasteiger partial charge in [0, 0.05) is 34.8 Å². The Kier molecular flexibility index (Phi) is 3.98. The maximum Gasteiger partial charge on any atom is 0.241 e. The summed E-state index contributed by atoms with van der Waals surface area (Å²) in [5.41, 5.74) is 0.627. The van der Waals surface area contributed by atoms with Crippen LogP contribution in [0, 0.1) is 12.8 Å².